The van der Waals surface area contributed by atoms with Crippen LogP contribution in [0.3, 0.4) is 0 Å². The molecule has 13 heavy (non-hydrogen) atoms. The molecule has 4 heteroatoms. The Balaban J connectivity index is 3.33. The van der Waals surface area contributed by atoms with Crippen molar-refractivity contribution in [3.63, 3.8) is 0 Å². The molecule has 0 aliphatic carbocycles. The van der Waals surface area contributed by atoms with Gasteiger partial charge in [-0.3, -0.25) is 0 Å². The van der Waals surface area contributed by atoms with Crippen molar-refractivity contribution < 1.29 is 9.90 Å². The predicted molar refractivity (Wildman–Crippen MR) is 52.2 cm³/mol. The lowest BCUT2D eigenvalue weighted by Crippen LogP contribution is -2.04. The van der Waals surface area contributed by atoms with E-state index in [9.17, 15) is 4.79 Å². The van der Waals surface area contributed by atoms with Crippen molar-refractivity contribution in [2.24, 2.45) is 0 Å². The first kappa shape index (κ1) is 9.86. The van der Waals surface area contributed by atoms with E-state index in [0.29, 0.717) is 5.02 Å². The number of nitrogen functional groups attached to an aromatic ring is 1. The Bertz CT molecular complexity index is 350. The van der Waals surface area contributed by atoms with E-state index in [0.717, 1.165) is 12.0 Å². The van der Waals surface area contributed by atoms with E-state index in [2.05, 4.69) is 0 Å². The zero-order chi connectivity index (χ0) is 10.0. The summed E-state index contributed by atoms with van der Waals surface area (Å²) in [6.45, 7) is 1.92. The lowest BCUT2D eigenvalue weighted by Gasteiger charge is -2.05. The number of anilines is 1. The third kappa shape index (κ3) is 1.92. The number of carbonyl (C=O) groups is 1. The quantitative estimate of drug-likeness (QED) is 0.718. The van der Waals surface area contributed by atoms with Gasteiger partial charge in [-0.1, -0.05) is 18.5 Å². The molecule has 0 radical (unpaired) electrons. The number of carboxylic acid groups (broad SMARTS) is 1. The molecular formula is C9H10ClNO2. The molecule has 0 aliphatic rings. The molecule has 0 fully saturated rings. The number of hydrogen-bond acceptors (Lipinski definition) is 2. The van der Waals surface area contributed by atoms with E-state index in [-0.39, 0.29) is 11.3 Å². The maximum Gasteiger partial charge on any atom is 0.337 e. The minimum Gasteiger partial charge on any atom is -0.478 e. The summed E-state index contributed by atoms with van der Waals surface area (Å²) in [4.78, 5) is 10.7. The van der Waals surface area contributed by atoms with Gasteiger partial charge in [-0.15, -0.1) is 0 Å². The first-order valence-electron chi connectivity index (χ1n) is 3.87. The number of nitrogens with two attached hydrogens (primary N) is 1. The Hall–Kier alpha value is -1.22. The molecule has 3 N–H and O–H groups in total. The third-order valence-corrected chi connectivity index (χ3v) is 2.14. The summed E-state index contributed by atoms with van der Waals surface area (Å²) < 4.78 is 0. The molecule has 0 aromatic heterocycles. The number of carboxylic acids is 1. The number of halogens is 1. The summed E-state index contributed by atoms with van der Waals surface area (Å²) in [5.41, 5.74) is 6.57. The smallest absolute Gasteiger partial charge is 0.337 e. The molecule has 0 saturated carbocycles. The van der Waals surface area contributed by atoms with Gasteiger partial charge in [0, 0.05) is 0 Å². The largest absolute Gasteiger partial charge is 0.478 e. The van der Waals surface area contributed by atoms with Crippen LogP contribution in [0, 0.1) is 0 Å². The summed E-state index contributed by atoms with van der Waals surface area (Å²) in [7, 11) is 0. The fraction of sp³-hybridized carbons (Fsp3) is 0.222. The van der Waals surface area contributed by atoms with E-state index < -0.39 is 5.97 Å². The van der Waals surface area contributed by atoms with Crippen molar-refractivity contribution in [3.05, 3.63) is 28.3 Å². The molecule has 1 aromatic carbocycles. The predicted octanol–water partition coefficient (Wildman–Crippen LogP) is 2.18. The standard InChI is InChI=1S/C9H10ClNO2/c1-2-5-3-6(9(12)13)8(11)7(10)4-5/h3-4H,2,11H2,1H3,(H,12,13). The topological polar surface area (TPSA) is 63.3 Å². The molecule has 70 valence electrons. The van der Waals surface area contributed by atoms with Crippen LogP contribution in [0.4, 0.5) is 5.69 Å². The van der Waals surface area contributed by atoms with Gasteiger partial charge in [-0.2, -0.15) is 0 Å². The average Bonchev–Trinajstić information content (AvgIpc) is 2.09. The van der Waals surface area contributed by atoms with E-state index in [1.807, 2.05) is 6.92 Å². The van der Waals surface area contributed by atoms with Crippen molar-refractivity contribution in [3.8, 4) is 0 Å². The SMILES string of the molecule is CCc1cc(Cl)c(N)c(C(=O)O)c1. The summed E-state index contributed by atoms with van der Waals surface area (Å²) >= 11 is 5.75. The molecule has 1 rings (SSSR count). The van der Waals surface area contributed by atoms with E-state index in [1.165, 1.54) is 0 Å². The lowest BCUT2D eigenvalue weighted by molar-refractivity contribution is 0.0698. The normalized spacial score (nSPS) is 10.0. The van der Waals surface area contributed by atoms with Crippen LogP contribution < -0.4 is 5.73 Å². The first-order valence-corrected chi connectivity index (χ1v) is 4.25. The number of aromatic carboxylic acids is 1. The molecule has 1 aromatic rings. The molecule has 3 nitrogen and oxygen atoms in total. The minimum absolute atomic E-state index is 0.0735. The Kier molecular flexibility index (Phi) is 2.78. The summed E-state index contributed by atoms with van der Waals surface area (Å²) in [6, 6.07) is 3.23. The molecule has 0 atom stereocenters. The van der Waals surface area contributed by atoms with Gasteiger partial charge in [0.05, 0.1) is 16.3 Å². The Morgan fingerprint density at radius 2 is 2.23 bits per heavy atom. The molecule has 0 spiro atoms. The van der Waals surface area contributed by atoms with Gasteiger partial charge in [-0.05, 0) is 24.1 Å². The van der Waals surface area contributed by atoms with Gasteiger partial charge in [0.2, 0.25) is 0 Å². The van der Waals surface area contributed by atoms with Gasteiger partial charge < -0.3 is 10.8 Å². The Labute approximate surface area is 81.1 Å². The van der Waals surface area contributed by atoms with Crippen LogP contribution in [0.1, 0.15) is 22.8 Å². The highest BCUT2D eigenvalue weighted by molar-refractivity contribution is 6.33. The maximum absolute atomic E-state index is 10.7. The fourth-order valence-electron chi connectivity index (χ4n) is 1.06. The maximum atomic E-state index is 10.7. The highest BCUT2D eigenvalue weighted by Gasteiger charge is 2.11. The second-order valence-corrected chi connectivity index (χ2v) is 3.10. The fourth-order valence-corrected chi connectivity index (χ4v) is 1.30. The molecule has 0 aliphatic heterocycles. The Morgan fingerprint density at radius 1 is 1.62 bits per heavy atom. The molecular weight excluding hydrogens is 190 g/mol. The number of hydrogen-bond donors (Lipinski definition) is 2. The van der Waals surface area contributed by atoms with Crippen LogP contribution in [0.5, 0.6) is 0 Å². The Morgan fingerprint density at radius 3 is 2.69 bits per heavy atom. The second-order valence-electron chi connectivity index (χ2n) is 2.70. The van der Waals surface area contributed by atoms with Crippen LogP contribution >= 0.6 is 11.6 Å². The molecule has 0 unspecified atom stereocenters. The highest BCUT2D eigenvalue weighted by atomic mass is 35.5. The van der Waals surface area contributed by atoms with Crippen molar-refractivity contribution >= 4 is 23.3 Å². The van der Waals surface area contributed by atoms with E-state index in [1.54, 1.807) is 12.1 Å². The first-order chi connectivity index (χ1) is 6.06. The van der Waals surface area contributed by atoms with Crippen molar-refractivity contribution in [1.82, 2.24) is 0 Å². The zero-order valence-corrected chi connectivity index (χ0v) is 7.93. The zero-order valence-electron chi connectivity index (χ0n) is 7.17. The number of aryl methyl sites for hydroxylation is 1. The van der Waals surface area contributed by atoms with Gasteiger partial charge in [0.25, 0.3) is 0 Å². The van der Waals surface area contributed by atoms with Crippen LogP contribution in [0.2, 0.25) is 5.02 Å². The van der Waals surface area contributed by atoms with Crippen molar-refractivity contribution in [2.45, 2.75) is 13.3 Å². The van der Waals surface area contributed by atoms with Crippen LogP contribution in [-0.2, 0) is 6.42 Å². The molecule has 0 heterocycles. The van der Waals surface area contributed by atoms with Gasteiger partial charge in [0.15, 0.2) is 0 Å². The number of benzene rings is 1. The highest BCUT2D eigenvalue weighted by Crippen LogP contribution is 2.25. The third-order valence-electron chi connectivity index (χ3n) is 1.83. The molecule has 0 amide bonds. The van der Waals surface area contributed by atoms with Crippen molar-refractivity contribution in [1.29, 1.82) is 0 Å². The van der Waals surface area contributed by atoms with Crippen LogP contribution in [0.25, 0.3) is 0 Å². The average molecular weight is 200 g/mol. The summed E-state index contributed by atoms with van der Waals surface area (Å²) in [6.07, 6.45) is 0.736. The monoisotopic (exact) mass is 199 g/mol. The van der Waals surface area contributed by atoms with Crippen LogP contribution in [0.15, 0.2) is 12.1 Å². The van der Waals surface area contributed by atoms with Gasteiger partial charge >= 0.3 is 5.97 Å². The van der Waals surface area contributed by atoms with E-state index in [4.69, 9.17) is 22.4 Å². The summed E-state index contributed by atoms with van der Waals surface area (Å²) in [5.74, 6) is -1.05. The molecule has 0 saturated heterocycles. The van der Waals surface area contributed by atoms with Gasteiger partial charge in [0.1, 0.15) is 0 Å². The molecule has 0 bridgehead atoms. The second kappa shape index (κ2) is 3.66. The number of rotatable bonds is 2. The van der Waals surface area contributed by atoms with E-state index >= 15 is 0 Å². The van der Waals surface area contributed by atoms with Gasteiger partial charge in [-0.25, -0.2) is 4.79 Å². The minimum atomic E-state index is -1.05. The summed E-state index contributed by atoms with van der Waals surface area (Å²) in [5, 5.41) is 9.07. The van der Waals surface area contributed by atoms with Crippen molar-refractivity contribution in [2.75, 3.05) is 5.73 Å². The lowest BCUT2D eigenvalue weighted by atomic mass is 10.1. The van der Waals surface area contributed by atoms with Crippen LogP contribution in [-0.4, -0.2) is 11.1 Å².